The standard InChI is InChI=1S/C17H16Cl2N2O3/c18-13-4-6-15(7-5-13)24-11-16(22)20-8-9-21-17(23)12-2-1-3-14(19)10-12/h1-7,10H,8-9,11H2,(H,20,22)(H,21,23). The van der Waals surface area contributed by atoms with E-state index in [0.29, 0.717) is 34.4 Å². The Labute approximate surface area is 149 Å². The second kappa shape index (κ2) is 9.15. The maximum atomic E-state index is 11.9. The zero-order valence-electron chi connectivity index (χ0n) is 12.7. The fourth-order valence-corrected chi connectivity index (χ4v) is 2.16. The quantitative estimate of drug-likeness (QED) is 0.740. The molecular weight excluding hydrogens is 351 g/mol. The van der Waals surface area contributed by atoms with Crippen LogP contribution in [0.15, 0.2) is 48.5 Å². The van der Waals surface area contributed by atoms with Crippen LogP contribution in [0.5, 0.6) is 5.75 Å². The molecule has 2 N–H and O–H groups in total. The third kappa shape index (κ3) is 6.10. The summed E-state index contributed by atoms with van der Waals surface area (Å²) in [4.78, 5) is 23.5. The van der Waals surface area contributed by atoms with E-state index in [4.69, 9.17) is 27.9 Å². The molecule has 0 aliphatic rings. The van der Waals surface area contributed by atoms with Gasteiger partial charge < -0.3 is 15.4 Å². The molecule has 2 aromatic rings. The highest BCUT2D eigenvalue weighted by atomic mass is 35.5. The predicted octanol–water partition coefficient (Wildman–Crippen LogP) is 2.92. The van der Waals surface area contributed by atoms with E-state index in [-0.39, 0.29) is 18.4 Å². The van der Waals surface area contributed by atoms with Gasteiger partial charge in [-0.2, -0.15) is 0 Å². The van der Waals surface area contributed by atoms with Crippen molar-refractivity contribution in [1.82, 2.24) is 10.6 Å². The van der Waals surface area contributed by atoms with Gasteiger partial charge in [-0.3, -0.25) is 9.59 Å². The molecular formula is C17H16Cl2N2O3. The summed E-state index contributed by atoms with van der Waals surface area (Å²) in [6.45, 7) is 0.497. The molecule has 126 valence electrons. The van der Waals surface area contributed by atoms with Crippen molar-refractivity contribution in [2.45, 2.75) is 0 Å². The van der Waals surface area contributed by atoms with Gasteiger partial charge in [-0.1, -0.05) is 29.3 Å². The van der Waals surface area contributed by atoms with Gasteiger partial charge in [0.05, 0.1) is 0 Å². The van der Waals surface area contributed by atoms with Gasteiger partial charge in [0.1, 0.15) is 5.75 Å². The Kier molecular flexibility index (Phi) is 6.90. The average molecular weight is 367 g/mol. The van der Waals surface area contributed by atoms with E-state index in [1.54, 1.807) is 48.5 Å². The molecule has 0 bridgehead atoms. The number of hydrogen-bond acceptors (Lipinski definition) is 3. The minimum atomic E-state index is -0.276. The van der Waals surface area contributed by atoms with Gasteiger partial charge in [-0.15, -0.1) is 0 Å². The Morgan fingerprint density at radius 3 is 2.33 bits per heavy atom. The van der Waals surface area contributed by atoms with Crippen molar-refractivity contribution in [3.8, 4) is 5.75 Å². The number of hydrogen-bond donors (Lipinski definition) is 2. The van der Waals surface area contributed by atoms with E-state index in [0.717, 1.165) is 0 Å². The number of nitrogens with one attached hydrogen (secondary N) is 2. The number of carbonyl (C=O) groups excluding carboxylic acids is 2. The number of benzene rings is 2. The lowest BCUT2D eigenvalue weighted by Crippen LogP contribution is -2.36. The Bertz CT molecular complexity index is 705. The first-order valence-corrected chi connectivity index (χ1v) is 7.99. The molecule has 0 fully saturated rings. The average Bonchev–Trinajstić information content (AvgIpc) is 2.58. The summed E-state index contributed by atoms with van der Waals surface area (Å²) in [5, 5.41) is 6.44. The third-order valence-corrected chi connectivity index (χ3v) is 3.49. The Balaban J connectivity index is 1.64. The van der Waals surface area contributed by atoms with Gasteiger partial charge in [-0.05, 0) is 42.5 Å². The highest BCUT2D eigenvalue weighted by molar-refractivity contribution is 6.31. The molecule has 2 amide bonds. The molecule has 0 aromatic heterocycles. The maximum absolute atomic E-state index is 11.9. The number of amides is 2. The molecule has 0 radical (unpaired) electrons. The summed E-state index contributed by atoms with van der Waals surface area (Å²) in [5.74, 6) is 0.0370. The largest absolute Gasteiger partial charge is 0.484 e. The van der Waals surface area contributed by atoms with Crippen molar-refractivity contribution >= 4 is 35.0 Å². The normalized spacial score (nSPS) is 10.1. The highest BCUT2D eigenvalue weighted by Gasteiger charge is 2.06. The van der Waals surface area contributed by atoms with Crippen molar-refractivity contribution in [3.05, 3.63) is 64.1 Å². The van der Waals surface area contributed by atoms with Gasteiger partial charge in [0, 0.05) is 28.7 Å². The van der Waals surface area contributed by atoms with Gasteiger partial charge in [-0.25, -0.2) is 0 Å². The smallest absolute Gasteiger partial charge is 0.258 e. The van der Waals surface area contributed by atoms with Gasteiger partial charge >= 0.3 is 0 Å². The SMILES string of the molecule is O=C(COc1ccc(Cl)cc1)NCCNC(=O)c1cccc(Cl)c1. The van der Waals surface area contributed by atoms with E-state index in [2.05, 4.69) is 10.6 Å². The van der Waals surface area contributed by atoms with Crippen LogP contribution in [0.4, 0.5) is 0 Å². The van der Waals surface area contributed by atoms with Crippen molar-refractivity contribution in [3.63, 3.8) is 0 Å². The molecule has 0 unspecified atom stereocenters. The van der Waals surface area contributed by atoms with Crippen LogP contribution in [-0.2, 0) is 4.79 Å². The number of carbonyl (C=O) groups is 2. The molecule has 24 heavy (non-hydrogen) atoms. The minimum absolute atomic E-state index is 0.107. The van der Waals surface area contributed by atoms with E-state index in [9.17, 15) is 9.59 Å². The molecule has 0 spiro atoms. The van der Waals surface area contributed by atoms with Crippen LogP contribution >= 0.6 is 23.2 Å². The van der Waals surface area contributed by atoms with Crippen LogP contribution in [0.25, 0.3) is 0 Å². The van der Waals surface area contributed by atoms with Crippen LogP contribution in [0.1, 0.15) is 10.4 Å². The zero-order valence-corrected chi connectivity index (χ0v) is 14.2. The molecule has 0 atom stereocenters. The summed E-state index contributed by atoms with van der Waals surface area (Å²) < 4.78 is 5.31. The fourth-order valence-electron chi connectivity index (χ4n) is 1.84. The molecule has 0 aliphatic heterocycles. The van der Waals surface area contributed by atoms with E-state index >= 15 is 0 Å². The lowest BCUT2D eigenvalue weighted by atomic mass is 10.2. The van der Waals surface area contributed by atoms with Crippen LogP contribution in [0, 0.1) is 0 Å². The second-order valence-electron chi connectivity index (χ2n) is 4.86. The molecule has 2 rings (SSSR count). The highest BCUT2D eigenvalue weighted by Crippen LogP contribution is 2.15. The first-order chi connectivity index (χ1) is 11.5. The first-order valence-electron chi connectivity index (χ1n) is 7.23. The minimum Gasteiger partial charge on any atom is -0.484 e. The van der Waals surface area contributed by atoms with Crippen LogP contribution in [-0.4, -0.2) is 31.5 Å². The summed E-state index contributed by atoms with van der Waals surface area (Å²) in [5.41, 5.74) is 0.472. The van der Waals surface area contributed by atoms with Crippen molar-refractivity contribution in [2.75, 3.05) is 19.7 Å². The second-order valence-corrected chi connectivity index (χ2v) is 5.73. The van der Waals surface area contributed by atoms with Crippen molar-refractivity contribution < 1.29 is 14.3 Å². The van der Waals surface area contributed by atoms with E-state index < -0.39 is 0 Å². The van der Waals surface area contributed by atoms with Gasteiger partial charge in [0.25, 0.3) is 11.8 Å². The molecule has 0 heterocycles. The van der Waals surface area contributed by atoms with Crippen LogP contribution in [0.3, 0.4) is 0 Å². The lowest BCUT2D eigenvalue weighted by Gasteiger charge is -2.09. The monoisotopic (exact) mass is 366 g/mol. The molecule has 0 saturated carbocycles. The Morgan fingerprint density at radius 1 is 0.917 bits per heavy atom. The molecule has 5 nitrogen and oxygen atoms in total. The number of halogens is 2. The van der Waals surface area contributed by atoms with E-state index in [1.807, 2.05) is 0 Å². The molecule has 7 heteroatoms. The Hall–Kier alpha value is -2.24. The summed E-state index contributed by atoms with van der Waals surface area (Å²) in [6.07, 6.45) is 0. The maximum Gasteiger partial charge on any atom is 0.258 e. The van der Waals surface area contributed by atoms with Crippen LogP contribution in [0.2, 0.25) is 10.0 Å². The van der Waals surface area contributed by atoms with Gasteiger partial charge in [0.2, 0.25) is 0 Å². The molecule has 0 aliphatic carbocycles. The lowest BCUT2D eigenvalue weighted by molar-refractivity contribution is -0.123. The summed E-state index contributed by atoms with van der Waals surface area (Å²) in [7, 11) is 0. The topological polar surface area (TPSA) is 67.4 Å². The van der Waals surface area contributed by atoms with E-state index in [1.165, 1.54) is 0 Å². The number of ether oxygens (including phenoxy) is 1. The fraction of sp³-hybridized carbons (Fsp3) is 0.176. The summed E-state index contributed by atoms with van der Waals surface area (Å²) in [6, 6.07) is 13.4. The van der Waals surface area contributed by atoms with Crippen molar-refractivity contribution in [1.29, 1.82) is 0 Å². The van der Waals surface area contributed by atoms with Crippen molar-refractivity contribution in [2.24, 2.45) is 0 Å². The van der Waals surface area contributed by atoms with Crippen LogP contribution < -0.4 is 15.4 Å². The Morgan fingerprint density at radius 2 is 1.62 bits per heavy atom. The zero-order chi connectivity index (χ0) is 17.4. The number of rotatable bonds is 7. The molecule has 0 saturated heterocycles. The third-order valence-electron chi connectivity index (χ3n) is 3.00. The van der Waals surface area contributed by atoms with Gasteiger partial charge in [0.15, 0.2) is 6.61 Å². The summed E-state index contributed by atoms with van der Waals surface area (Å²) >= 11 is 11.6. The predicted molar refractivity (Wildman–Crippen MR) is 93.7 cm³/mol. The molecule has 2 aromatic carbocycles. The first kappa shape index (κ1) is 18.1.